The molecule has 1 aromatic heterocycles. The third-order valence-electron chi connectivity index (χ3n) is 3.12. The summed E-state index contributed by atoms with van der Waals surface area (Å²) >= 11 is 8.00. The molecule has 0 saturated heterocycles. The summed E-state index contributed by atoms with van der Waals surface area (Å²) in [6.07, 6.45) is 0. The molecule has 2 rings (SSSR count). The molecule has 0 aliphatic rings. The lowest BCUT2D eigenvalue weighted by Crippen LogP contribution is -2.07. The van der Waals surface area contributed by atoms with E-state index in [1.807, 2.05) is 30.4 Å². The van der Waals surface area contributed by atoms with E-state index in [2.05, 4.69) is 44.3 Å². The maximum Gasteiger partial charge on any atom is 0.0494 e. The van der Waals surface area contributed by atoms with Crippen LogP contribution in [0.5, 0.6) is 0 Å². The summed E-state index contributed by atoms with van der Waals surface area (Å²) in [5, 5.41) is 4.27. The molecule has 3 heteroatoms. The van der Waals surface area contributed by atoms with Crippen LogP contribution in [0.15, 0.2) is 30.3 Å². The second-order valence-electron chi connectivity index (χ2n) is 5.78. The van der Waals surface area contributed by atoms with Gasteiger partial charge in [-0.05, 0) is 42.2 Å². The molecule has 102 valence electrons. The fourth-order valence-corrected chi connectivity index (χ4v) is 3.04. The molecule has 0 radical (unpaired) electrons. The summed E-state index contributed by atoms with van der Waals surface area (Å²) in [7, 11) is 0. The first-order valence-electron chi connectivity index (χ1n) is 6.46. The summed E-state index contributed by atoms with van der Waals surface area (Å²) in [4.78, 5) is 2.77. The van der Waals surface area contributed by atoms with Gasteiger partial charge in [-0.15, -0.1) is 11.3 Å². The molecule has 0 saturated carbocycles. The van der Waals surface area contributed by atoms with Crippen LogP contribution in [0.25, 0.3) is 0 Å². The van der Waals surface area contributed by atoms with Crippen molar-refractivity contribution < 1.29 is 0 Å². The monoisotopic (exact) mass is 293 g/mol. The van der Waals surface area contributed by atoms with Crippen molar-refractivity contribution in [2.45, 2.75) is 39.7 Å². The first-order chi connectivity index (χ1) is 8.88. The van der Waals surface area contributed by atoms with Gasteiger partial charge in [-0.1, -0.05) is 38.4 Å². The van der Waals surface area contributed by atoms with Crippen LogP contribution in [-0.4, -0.2) is 0 Å². The highest BCUT2D eigenvalue weighted by molar-refractivity contribution is 7.12. The van der Waals surface area contributed by atoms with Crippen LogP contribution in [0.3, 0.4) is 0 Å². The quantitative estimate of drug-likeness (QED) is 0.774. The Morgan fingerprint density at radius 1 is 1.16 bits per heavy atom. The molecule has 0 unspecified atom stereocenters. The lowest BCUT2D eigenvalue weighted by Gasteiger charge is -2.15. The highest BCUT2D eigenvalue weighted by Crippen LogP contribution is 2.30. The minimum absolute atomic E-state index is 0.231. The molecular formula is C16H20ClNS. The molecule has 0 amide bonds. The van der Waals surface area contributed by atoms with E-state index >= 15 is 0 Å². The Morgan fingerprint density at radius 3 is 2.53 bits per heavy atom. The van der Waals surface area contributed by atoms with Gasteiger partial charge >= 0.3 is 0 Å². The van der Waals surface area contributed by atoms with Gasteiger partial charge in [0.25, 0.3) is 0 Å². The first kappa shape index (κ1) is 14.4. The Morgan fingerprint density at radius 2 is 1.89 bits per heavy atom. The molecule has 1 N–H and O–H groups in total. The number of benzene rings is 1. The molecule has 0 aliphatic heterocycles. The van der Waals surface area contributed by atoms with E-state index in [9.17, 15) is 0 Å². The van der Waals surface area contributed by atoms with Gasteiger partial charge in [-0.3, -0.25) is 0 Å². The molecule has 0 fully saturated rings. The van der Waals surface area contributed by atoms with Gasteiger partial charge in [0.05, 0.1) is 0 Å². The van der Waals surface area contributed by atoms with Crippen LogP contribution in [0.4, 0.5) is 5.69 Å². The number of hydrogen-bond acceptors (Lipinski definition) is 2. The normalized spacial score (nSPS) is 11.6. The van der Waals surface area contributed by atoms with E-state index in [-0.39, 0.29) is 5.41 Å². The zero-order valence-electron chi connectivity index (χ0n) is 11.9. The van der Waals surface area contributed by atoms with Crippen molar-refractivity contribution in [2.24, 2.45) is 0 Å². The van der Waals surface area contributed by atoms with Gasteiger partial charge in [0.15, 0.2) is 0 Å². The number of halogens is 1. The van der Waals surface area contributed by atoms with Gasteiger partial charge in [0.2, 0.25) is 0 Å². The number of nitrogens with one attached hydrogen (secondary N) is 1. The molecule has 2 aromatic rings. The summed E-state index contributed by atoms with van der Waals surface area (Å²) in [6.45, 7) is 9.63. The smallest absolute Gasteiger partial charge is 0.0494 e. The molecule has 0 bridgehead atoms. The maximum atomic E-state index is 6.12. The van der Waals surface area contributed by atoms with Gasteiger partial charge < -0.3 is 5.32 Å². The van der Waals surface area contributed by atoms with E-state index in [4.69, 9.17) is 11.6 Å². The van der Waals surface area contributed by atoms with Crippen molar-refractivity contribution in [3.8, 4) is 0 Å². The van der Waals surface area contributed by atoms with Crippen molar-refractivity contribution in [2.75, 3.05) is 5.32 Å². The predicted octanol–water partition coefficient (Wildman–Crippen LogP) is 5.62. The maximum absolute atomic E-state index is 6.12. The SMILES string of the molecule is Cc1c(Cl)cccc1NCc1ccc(C(C)(C)C)s1. The Kier molecular flexibility index (Phi) is 4.22. The molecular weight excluding hydrogens is 274 g/mol. The largest absolute Gasteiger partial charge is 0.380 e. The highest BCUT2D eigenvalue weighted by atomic mass is 35.5. The van der Waals surface area contributed by atoms with Crippen molar-refractivity contribution in [3.63, 3.8) is 0 Å². The summed E-state index contributed by atoms with van der Waals surface area (Å²) in [5.74, 6) is 0. The summed E-state index contributed by atoms with van der Waals surface area (Å²) < 4.78 is 0. The number of thiophene rings is 1. The van der Waals surface area contributed by atoms with Crippen LogP contribution in [0.2, 0.25) is 5.02 Å². The zero-order chi connectivity index (χ0) is 14.0. The minimum atomic E-state index is 0.231. The number of rotatable bonds is 3. The topological polar surface area (TPSA) is 12.0 Å². The lowest BCUT2D eigenvalue weighted by molar-refractivity contribution is 0.604. The molecule has 0 atom stereocenters. The Hall–Kier alpha value is -0.990. The van der Waals surface area contributed by atoms with E-state index in [0.717, 1.165) is 22.8 Å². The van der Waals surface area contributed by atoms with E-state index in [1.54, 1.807) is 0 Å². The summed E-state index contributed by atoms with van der Waals surface area (Å²) in [5.41, 5.74) is 2.45. The van der Waals surface area contributed by atoms with E-state index in [1.165, 1.54) is 9.75 Å². The van der Waals surface area contributed by atoms with Crippen molar-refractivity contribution in [1.29, 1.82) is 0 Å². The van der Waals surface area contributed by atoms with E-state index < -0.39 is 0 Å². The molecule has 0 aliphatic carbocycles. The molecule has 1 heterocycles. The molecule has 1 aromatic carbocycles. The van der Waals surface area contributed by atoms with Gasteiger partial charge in [0, 0.05) is 27.0 Å². The third kappa shape index (κ3) is 3.52. The average molecular weight is 294 g/mol. The highest BCUT2D eigenvalue weighted by Gasteiger charge is 2.15. The Labute approximate surface area is 124 Å². The standard InChI is InChI=1S/C16H20ClNS/c1-11-13(17)6-5-7-14(11)18-10-12-8-9-15(19-12)16(2,3)4/h5-9,18H,10H2,1-4H3. The Bertz CT molecular complexity index is 566. The second-order valence-corrected chi connectivity index (χ2v) is 7.36. The van der Waals surface area contributed by atoms with Crippen molar-refractivity contribution in [3.05, 3.63) is 50.7 Å². The van der Waals surface area contributed by atoms with Crippen LogP contribution in [0, 0.1) is 6.92 Å². The van der Waals surface area contributed by atoms with Crippen molar-refractivity contribution >= 4 is 28.6 Å². The average Bonchev–Trinajstić information content (AvgIpc) is 2.79. The summed E-state index contributed by atoms with van der Waals surface area (Å²) in [6, 6.07) is 10.4. The van der Waals surface area contributed by atoms with Crippen LogP contribution < -0.4 is 5.32 Å². The molecule has 1 nitrogen and oxygen atoms in total. The fourth-order valence-electron chi connectivity index (χ4n) is 1.86. The van der Waals surface area contributed by atoms with Gasteiger partial charge in [-0.25, -0.2) is 0 Å². The Balaban J connectivity index is 2.07. The predicted molar refractivity (Wildman–Crippen MR) is 86.5 cm³/mol. The van der Waals surface area contributed by atoms with Gasteiger partial charge in [-0.2, -0.15) is 0 Å². The fraction of sp³-hybridized carbons (Fsp3) is 0.375. The molecule has 19 heavy (non-hydrogen) atoms. The van der Waals surface area contributed by atoms with Crippen LogP contribution >= 0.6 is 22.9 Å². The molecule has 0 spiro atoms. The van der Waals surface area contributed by atoms with Crippen molar-refractivity contribution in [1.82, 2.24) is 0 Å². The first-order valence-corrected chi connectivity index (χ1v) is 7.65. The number of anilines is 1. The van der Waals surface area contributed by atoms with Crippen LogP contribution in [-0.2, 0) is 12.0 Å². The minimum Gasteiger partial charge on any atom is -0.380 e. The zero-order valence-corrected chi connectivity index (χ0v) is 13.5. The van der Waals surface area contributed by atoms with Crippen LogP contribution in [0.1, 0.15) is 36.1 Å². The lowest BCUT2D eigenvalue weighted by atomic mass is 9.95. The second kappa shape index (κ2) is 5.56. The van der Waals surface area contributed by atoms with E-state index in [0.29, 0.717) is 0 Å². The van der Waals surface area contributed by atoms with Gasteiger partial charge in [0.1, 0.15) is 0 Å². The third-order valence-corrected chi connectivity index (χ3v) is 5.04. The number of hydrogen-bond donors (Lipinski definition) is 1.